The number of hydrogen-bond donors (Lipinski definition) is 0. The first-order valence-corrected chi connectivity index (χ1v) is 6.51. The van der Waals surface area contributed by atoms with E-state index in [0.29, 0.717) is 11.5 Å². The Labute approximate surface area is 119 Å². The van der Waals surface area contributed by atoms with Gasteiger partial charge in [-0.1, -0.05) is 32.0 Å². The lowest BCUT2D eigenvalue weighted by Crippen LogP contribution is -2.17. The first-order valence-electron chi connectivity index (χ1n) is 6.51. The van der Waals surface area contributed by atoms with Gasteiger partial charge in [-0.3, -0.25) is 0 Å². The summed E-state index contributed by atoms with van der Waals surface area (Å²) in [6.07, 6.45) is -4.10. The second-order valence-electron chi connectivity index (χ2n) is 5.03. The van der Waals surface area contributed by atoms with Gasteiger partial charge in [0.1, 0.15) is 0 Å². The lowest BCUT2D eigenvalue weighted by atomic mass is 10.1. The van der Waals surface area contributed by atoms with E-state index in [-0.39, 0.29) is 18.9 Å². The number of benzene rings is 1. The smallest absolute Gasteiger partial charge is 0.392 e. The molecule has 0 aliphatic heterocycles. The van der Waals surface area contributed by atoms with Crippen molar-refractivity contribution in [2.24, 2.45) is 0 Å². The van der Waals surface area contributed by atoms with Crippen LogP contribution in [-0.4, -0.2) is 9.78 Å². The molecule has 0 spiro atoms. The van der Waals surface area contributed by atoms with Gasteiger partial charge in [-0.2, -0.15) is 17.9 Å². The maximum Gasteiger partial charge on any atom is 0.437 e. The van der Waals surface area contributed by atoms with Gasteiger partial charge in [-0.05, 0) is 18.1 Å². The summed E-state index contributed by atoms with van der Waals surface area (Å²) in [6.45, 7) is 3.85. The monoisotopic (exact) mass is 300 g/mol. The van der Waals surface area contributed by atoms with Crippen molar-refractivity contribution in [3.05, 3.63) is 51.8 Å². The predicted molar refractivity (Wildman–Crippen MR) is 70.0 cm³/mol. The number of alkyl halides is 3. The molecular formula is C14H15F3N2O2. The molecule has 0 aliphatic rings. The van der Waals surface area contributed by atoms with Gasteiger partial charge in [0.05, 0.1) is 12.1 Å². The standard InChI is InChI=1S/C14H15F3N2O2/c1-9(2)12-18-19(13(20)21-12)7-6-10-4-3-5-11(8-10)14(15,16)17/h3-5,8-9H,6-7H2,1-2H3. The Kier molecular flexibility index (Phi) is 4.20. The average Bonchev–Trinajstić information content (AvgIpc) is 2.77. The van der Waals surface area contributed by atoms with Crippen LogP contribution in [0.5, 0.6) is 0 Å². The van der Waals surface area contributed by atoms with Crippen LogP contribution in [0, 0.1) is 0 Å². The van der Waals surface area contributed by atoms with E-state index < -0.39 is 17.5 Å². The first-order chi connectivity index (χ1) is 9.77. The topological polar surface area (TPSA) is 48.0 Å². The number of halogens is 3. The highest BCUT2D eigenvalue weighted by Gasteiger charge is 2.30. The van der Waals surface area contributed by atoms with Crippen molar-refractivity contribution < 1.29 is 17.6 Å². The minimum atomic E-state index is -4.37. The SMILES string of the molecule is CC(C)c1nn(CCc2cccc(C(F)(F)F)c2)c(=O)o1. The van der Waals surface area contributed by atoms with Crippen LogP contribution >= 0.6 is 0 Å². The zero-order valence-electron chi connectivity index (χ0n) is 11.6. The summed E-state index contributed by atoms with van der Waals surface area (Å²) in [6, 6.07) is 5.03. The van der Waals surface area contributed by atoms with E-state index in [2.05, 4.69) is 5.10 Å². The zero-order chi connectivity index (χ0) is 15.6. The van der Waals surface area contributed by atoms with Gasteiger partial charge in [0, 0.05) is 5.92 Å². The van der Waals surface area contributed by atoms with Gasteiger partial charge >= 0.3 is 11.9 Å². The fourth-order valence-electron chi connectivity index (χ4n) is 1.84. The molecular weight excluding hydrogens is 285 g/mol. The summed E-state index contributed by atoms with van der Waals surface area (Å²) >= 11 is 0. The second kappa shape index (κ2) is 5.75. The van der Waals surface area contributed by atoms with Crippen LogP contribution in [0.4, 0.5) is 13.2 Å². The van der Waals surface area contributed by atoms with Crippen LogP contribution in [-0.2, 0) is 19.1 Å². The molecule has 1 aromatic carbocycles. The van der Waals surface area contributed by atoms with E-state index >= 15 is 0 Å². The van der Waals surface area contributed by atoms with E-state index in [9.17, 15) is 18.0 Å². The Hall–Kier alpha value is -2.05. The second-order valence-corrected chi connectivity index (χ2v) is 5.03. The normalized spacial score (nSPS) is 12.1. The number of rotatable bonds is 4. The molecule has 0 saturated carbocycles. The molecule has 0 aliphatic carbocycles. The Morgan fingerprint density at radius 2 is 2.05 bits per heavy atom. The van der Waals surface area contributed by atoms with Crippen LogP contribution in [0.2, 0.25) is 0 Å². The molecule has 21 heavy (non-hydrogen) atoms. The number of hydrogen-bond acceptors (Lipinski definition) is 3. The van der Waals surface area contributed by atoms with Crippen molar-refractivity contribution in [3.63, 3.8) is 0 Å². The van der Waals surface area contributed by atoms with Crippen molar-refractivity contribution in [2.75, 3.05) is 0 Å². The third kappa shape index (κ3) is 3.74. The molecule has 0 unspecified atom stereocenters. The van der Waals surface area contributed by atoms with E-state index in [1.807, 2.05) is 13.8 Å². The molecule has 0 N–H and O–H groups in total. The Morgan fingerprint density at radius 3 is 2.62 bits per heavy atom. The zero-order valence-corrected chi connectivity index (χ0v) is 11.6. The molecule has 0 fully saturated rings. The average molecular weight is 300 g/mol. The summed E-state index contributed by atoms with van der Waals surface area (Å²) in [5, 5.41) is 4.01. The van der Waals surface area contributed by atoms with Crippen LogP contribution in [0.1, 0.15) is 36.8 Å². The van der Waals surface area contributed by atoms with E-state index in [0.717, 1.165) is 16.8 Å². The molecule has 4 nitrogen and oxygen atoms in total. The summed E-state index contributed by atoms with van der Waals surface area (Å²) in [5.41, 5.74) is -0.207. The Morgan fingerprint density at radius 1 is 1.33 bits per heavy atom. The van der Waals surface area contributed by atoms with Gasteiger partial charge < -0.3 is 4.42 Å². The minimum Gasteiger partial charge on any atom is -0.392 e. The van der Waals surface area contributed by atoms with Crippen molar-refractivity contribution in [3.8, 4) is 0 Å². The fraction of sp³-hybridized carbons (Fsp3) is 0.429. The Bertz CT molecular complexity index is 671. The molecule has 1 heterocycles. The molecule has 0 bridgehead atoms. The molecule has 114 valence electrons. The number of nitrogens with zero attached hydrogens (tertiary/aromatic N) is 2. The molecule has 0 radical (unpaired) electrons. The van der Waals surface area contributed by atoms with E-state index in [1.165, 1.54) is 6.07 Å². The molecule has 7 heteroatoms. The van der Waals surface area contributed by atoms with Crippen molar-refractivity contribution in [1.29, 1.82) is 0 Å². The number of aryl methyl sites for hydroxylation is 2. The molecule has 0 saturated heterocycles. The van der Waals surface area contributed by atoms with Crippen molar-refractivity contribution in [1.82, 2.24) is 9.78 Å². The quantitative estimate of drug-likeness (QED) is 0.871. The van der Waals surface area contributed by atoms with Crippen molar-refractivity contribution >= 4 is 0 Å². The molecule has 0 amide bonds. The van der Waals surface area contributed by atoms with E-state index in [4.69, 9.17) is 4.42 Å². The third-order valence-corrected chi connectivity index (χ3v) is 2.98. The first kappa shape index (κ1) is 15.3. The maximum absolute atomic E-state index is 12.6. The molecule has 2 aromatic rings. The van der Waals surface area contributed by atoms with Gasteiger partial charge in [0.15, 0.2) is 0 Å². The van der Waals surface area contributed by atoms with Gasteiger partial charge in [0.2, 0.25) is 5.89 Å². The number of aromatic nitrogens is 2. The summed E-state index contributed by atoms with van der Waals surface area (Å²) in [5.74, 6) is -0.290. The van der Waals surface area contributed by atoms with Crippen molar-refractivity contribution in [2.45, 2.75) is 38.9 Å². The van der Waals surface area contributed by atoms with Gasteiger partial charge in [0.25, 0.3) is 0 Å². The lowest BCUT2D eigenvalue weighted by Gasteiger charge is -2.08. The van der Waals surface area contributed by atoms with Crippen LogP contribution in [0.15, 0.2) is 33.5 Å². The Balaban J connectivity index is 2.12. The lowest BCUT2D eigenvalue weighted by molar-refractivity contribution is -0.137. The molecule has 2 rings (SSSR count). The predicted octanol–water partition coefficient (Wildman–Crippen LogP) is 3.22. The van der Waals surface area contributed by atoms with Gasteiger partial charge in [-0.25, -0.2) is 4.79 Å². The highest BCUT2D eigenvalue weighted by atomic mass is 19.4. The van der Waals surface area contributed by atoms with E-state index in [1.54, 1.807) is 6.07 Å². The molecule has 1 aromatic heterocycles. The fourth-order valence-corrected chi connectivity index (χ4v) is 1.84. The molecule has 0 atom stereocenters. The third-order valence-electron chi connectivity index (χ3n) is 2.98. The van der Waals surface area contributed by atoms with Crippen LogP contribution in [0.25, 0.3) is 0 Å². The summed E-state index contributed by atoms with van der Waals surface area (Å²) in [4.78, 5) is 11.5. The largest absolute Gasteiger partial charge is 0.437 e. The minimum absolute atomic E-state index is 0.0208. The summed E-state index contributed by atoms with van der Waals surface area (Å²) < 4.78 is 43.9. The highest BCUT2D eigenvalue weighted by molar-refractivity contribution is 5.25. The van der Waals surface area contributed by atoms with Crippen LogP contribution in [0.3, 0.4) is 0 Å². The summed E-state index contributed by atoms with van der Waals surface area (Å²) in [7, 11) is 0. The highest BCUT2D eigenvalue weighted by Crippen LogP contribution is 2.29. The maximum atomic E-state index is 12.6. The van der Waals surface area contributed by atoms with Gasteiger partial charge in [-0.15, -0.1) is 5.10 Å². The van der Waals surface area contributed by atoms with Crippen LogP contribution < -0.4 is 5.76 Å².